The zero-order chi connectivity index (χ0) is 16.1. The number of hydrazine groups is 1. The first-order chi connectivity index (χ1) is 11.2. The number of nitrogens with one attached hydrogen (secondary N) is 2. The van der Waals surface area contributed by atoms with Crippen molar-refractivity contribution >= 4 is 12.0 Å². The number of fused-ring (bicyclic) bond motifs is 1. The fourth-order valence-electron chi connectivity index (χ4n) is 1.97. The fourth-order valence-corrected chi connectivity index (χ4v) is 1.97. The van der Waals surface area contributed by atoms with Crippen molar-refractivity contribution in [2.45, 2.75) is 0 Å². The summed E-state index contributed by atoms with van der Waals surface area (Å²) in [6.07, 6.45) is 6.73. The van der Waals surface area contributed by atoms with E-state index in [1.807, 2.05) is 24.3 Å². The van der Waals surface area contributed by atoms with Crippen molar-refractivity contribution in [3.63, 3.8) is 0 Å². The molecule has 0 aliphatic carbocycles. The number of carbonyl (C=O) groups excluding carboxylic acids is 1. The number of allylic oxidation sites excluding steroid dienone is 1. The van der Waals surface area contributed by atoms with E-state index in [4.69, 9.17) is 9.47 Å². The Balaban J connectivity index is 1.54. The van der Waals surface area contributed by atoms with Gasteiger partial charge in [-0.1, -0.05) is 18.7 Å². The highest BCUT2D eigenvalue weighted by Crippen LogP contribution is 2.32. The summed E-state index contributed by atoms with van der Waals surface area (Å²) in [5.74, 6) is 1.20. The summed E-state index contributed by atoms with van der Waals surface area (Å²) < 4.78 is 10.6. The summed E-state index contributed by atoms with van der Waals surface area (Å²) in [7, 11) is 0. The molecule has 0 spiro atoms. The van der Waals surface area contributed by atoms with Gasteiger partial charge in [-0.2, -0.15) is 0 Å². The number of hydrogen-bond donors (Lipinski definition) is 2. The average molecular weight is 309 g/mol. The summed E-state index contributed by atoms with van der Waals surface area (Å²) in [5, 5.41) is 0. The summed E-state index contributed by atoms with van der Waals surface area (Å²) in [5.41, 5.74) is 7.31. The smallest absolute Gasteiger partial charge is 0.269 e. The van der Waals surface area contributed by atoms with Crippen molar-refractivity contribution in [2.24, 2.45) is 0 Å². The fraction of sp³-hybridized carbons (Fsp3) is 0.0588. The molecule has 6 nitrogen and oxygen atoms in total. The van der Waals surface area contributed by atoms with Gasteiger partial charge in [0.1, 0.15) is 0 Å². The highest BCUT2D eigenvalue weighted by molar-refractivity contribution is 5.93. The van der Waals surface area contributed by atoms with Crippen molar-refractivity contribution in [2.75, 3.05) is 6.79 Å². The number of rotatable bonds is 5. The maximum atomic E-state index is 11.9. The Labute approximate surface area is 133 Å². The standard InChI is InChI=1S/C17H15N3O3/c1-12(19-20-17(21)14-6-8-18-9-7-14)2-3-13-4-5-15-16(10-13)23-11-22-15/h2-10,19H,1,11H2,(H,20,21). The van der Waals surface area contributed by atoms with E-state index in [1.54, 1.807) is 30.6 Å². The van der Waals surface area contributed by atoms with E-state index in [9.17, 15) is 4.79 Å². The number of carbonyl (C=O) groups is 1. The second-order valence-electron chi connectivity index (χ2n) is 4.79. The van der Waals surface area contributed by atoms with Gasteiger partial charge in [-0.25, -0.2) is 0 Å². The normalized spacial score (nSPS) is 12.2. The first-order valence-electron chi connectivity index (χ1n) is 6.95. The van der Waals surface area contributed by atoms with E-state index in [-0.39, 0.29) is 12.7 Å². The molecule has 116 valence electrons. The summed E-state index contributed by atoms with van der Waals surface area (Å²) in [4.78, 5) is 15.7. The third-order valence-electron chi connectivity index (χ3n) is 3.15. The molecule has 3 rings (SSSR count). The lowest BCUT2D eigenvalue weighted by Gasteiger charge is -2.08. The van der Waals surface area contributed by atoms with Gasteiger partial charge in [0.15, 0.2) is 11.5 Å². The third-order valence-corrected chi connectivity index (χ3v) is 3.15. The van der Waals surface area contributed by atoms with Crippen LogP contribution in [0.1, 0.15) is 15.9 Å². The molecule has 0 unspecified atom stereocenters. The average Bonchev–Trinajstić information content (AvgIpc) is 3.06. The molecule has 0 bridgehead atoms. The molecule has 2 heterocycles. The highest BCUT2D eigenvalue weighted by Gasteiger charge is 2.12. The molecule has 23 heavy (non-hydrogen) atoms. The molecular weight excluding hydrogens is 294 g/mol. The highest BCUT2D eigenvalue weighted by atomic mass is 16.7. The molecule has 0 saturated heterocycles. The van der Waals surface area contributed by atoms with E-state index in [1.165, 1.54) is 0 Å². The van der Waals surface area contributed by atoms with Crippen molar-refractivity contribution in [3.05, 3.63) is 72.2 Å². The lowest BCUT2D eigenvalue weighted by atomic mass is 10.2. The van der Waals surface area contributed by atoms with Crippen LogP contribution >= 0.6 is 0 Å². The first kappa shape index (κ1) is 14.6. The van der Waals surface area contributed by atoms with Crippen LogP contribution in [0.5, 0.6) is 11.5 Å². The third kappa shape index (κ3) is 3.68. The van der Waals surface area contributed by atoms with Gasteiger partial charge in [-0.3, -0.25) is 20.6 Å². The Bertz CT molecular complexity index is 757. The SMILES string of the molecule is C=C(C=Cc1ccc2c(c1)OCO2)NNC(=O)c1ccncc1. The summed E-state index contributed by atoms with van der Waals surface area (Å²) in [6.45, 7) is 4.07. The van der Waals surface area contributed by atoms with Crippen molar-refractivity contribution in [3.8, 4) is 11.5 Å². The Kier molecular flexibility index (Phi) is 4.24. The van der Waals surface area contributed by atoms with E-state index in [2.05, 4.69) is 22.4 Å². The zero-order valence-electron chi connectivity index (χ0n) is 12.3. The Hall–Kier alpha value is -3.28. The number of amides is 1. The minimum Gasteiger partial charge on any atom is -0.454 e. The van der Waals surface area contributed by atoms with Crippen LogP contribution in [-0.2, 0) is 0 Å². The Morgan fingerprint density at radius 1 is 1.13 bits per heavy atom. The molecule has 6 heteroatoms. The predicted molar refractivity (Wildman–Crippen MR) is 85.6 cm³/mol. The maximum Gasteiger partial charge on any atom is 0.269 e. The van der Waals surface area contributed by atoms with E-state index in [0.29, 0.717) is 11.3 Å². The molecule has 1 aromatic heterocycles. The minimum atomic E-state index is -0.259. The van der Waals surface area contributed by atoms with Crippen LogP contribution in [0.4, 0.5) is 0 Å². The number of benzene rings is 1. The van der Waals surface area contributed by atoms with Gasteiger partial charge in [0, 0.05) is 23.7 Å². The van der Waals surface area contributed by atoms with Crippen LogP contribution in [0.25, 0.3) is 6.08 Å². The molecule has 1 amide bonds. The zero-order valence-corrected chi connectivity index (χ0v) is 12.3. The molecule has 1 aliphatic rings. The van der Waals surface area contributed by atoms with Crippen molar-refractivity contribution < 1.29 is 14.3 Å². The van der Waals surface area contributed by atoms with E-state index >= 15 is 0 Å². The maximum absolute atomic E-state index is 11.9. The van der Waals surface area contributed by atoms with Gasteiger partial charge in [-0.05, 0) is 35.9 Å². The van der Waals surface area contributed by atoms with Crippen molar-refractivity contribution in [1.82, 2.24) is 15.8 Å². The first-order valence-corrected chi connectivity index (χ1v) is 6.95. The molecule has 2 N–H and O–H groups in total. The molecule has 0 atom stereocenters. The van der Waals surface area contributed by atoms with Gasteiger partial charge in [-0.15, -0.1) is 0 Å². The van der Waals surface area contributed by atoms with Crippen molar-refractivity contribution in [1.29, 1.82) is 0 Å². The van der Waals surface area contributed by atoms with E-state index < -0.39 is 0 Å². The van der Waals surface area contributed by atoms with Gasteiger partial charge in [0.25, 0.3) is 5.91 Å². The minimum absolute atomic E-state index is 0.248. The van der Waals surface area contributed by atoms with Crippen LogP contribution in [-0.4, -0.2) is 17.7 Å². The molecular formula is C17H15N3O3. The molecule has 0 fully saturated rings. The summed E-state index contributed by atoms with van der Waals surface area (Å²) >= 11 is 0. The van der Waals surface area contributed by atoms with Crippen LogP contribution in [0.2, 0.25) is 0 Å². The lowest BCUT2D eigenvalue weighted by Crippen LogP contribution is -2.35. The number of nitrogens with zero attached hydrogens (tertiary/aromatic N) is 1. The predicted octanol–water partition coefficient (Wildman–Crippen LogP) is 2.27. The van der Waals surface area contributed by atoms with Gasteiger partial charge in [0.05, 0.1) is 0 Å². The van der Waals surface area contributed by atoms with Crippen LogP contribution in [0.3, 0.4) is 0 Å². The lowest BCUT2D eigenvalue weighted by molar-refractivity contribution is 0.0939. The van der Waals surface area contributed by atoms with Crippen LogP contribution in [0.15, 0.2) is 61.1 Å². The van der Waals surface area contributed by atoms with Crippen LogP contribution < -0.4 is 20.3 Å². The largest absolute Gasteiger partial charge is 0.454 e. The number of pyridine rings is 1. The number of aromatic nitrogens is 1. The quantitative estimate of drug-likeness (QED) is 0.655. The number of ether oxygens (including phenoxy) is 2. The molecule has 0 radical (unpaired) electrons. The second-order valence-corrected chi connectivity index (χ2v) is 4.79. The monoisotopic (exact) mass is 309 g/mol. The van der Waals surface area contributed by atoms with E-state index in [0.717, 1.165) is 17.1 Å². The molecule has 1 aliphatic heterocycles. The summed E-state index contributed by atoms with van der Waals surface area (Å²) in [6, 6.07) is 8.89. The van der Waals surface area contributed by atoms with Gasteiger partial charge in [0.2, 0.25) is 6.79 Å². The number of hydrogen-bond acceptors (Lipinski definition) is 5. The topological polar surface area (TPSA) is 72.5 Å². The Morgan fingerprint density at radius 3 is 2.74 bits per heavy atom. The molecule has 2 aromatic rings. The van der Waals surface area contributed by atoms with Crippen LogP contribution in [0, 0.1) is 0 Å². The second kappa shape index (κ2) is 6.65. The molecule has 0 saturated carbocycles. The Morgan fingerprint density at radius 2 is 1.91 bits per heavy atom. The molecule has 1 aromatic carbocycles. The van der Waals surface area contributed by atoms with Gasteiger partial charge < -0.3 is 9.47 Å². The van der Waals surface area contributed by atoms with Gasteiger partial charge >= 0.3 is 0 Å².